The molecular weight excluding hydrogens is 557 g/mol. The van der Waals surface area contributed by atoms with Gasteiger partial charge in [-0.05, 0) is 80.2 Å². The topological polar surface area (TPSA) is 116 Å². The number of nitrogens with one attached hydrogen (secondary N) is 2. The Bertz CT molecular complexity index is 1430. The monoisotopic (exact) mass is 601 g/mol. The van der Waals surface area contributed by atoms with E-state index in [0.717, 1.165) is 44.1 Å². The number of aliphatic imine (C=N–C) groups is 1. The minimum Gasteiger partial charge on any atom is -0.345 e. The van der Waals surface area contributed by atoms with E-state index in [1.165, 1.54) is 37.8 Å². The van der Waals surface area contributed by atoms with Gasteiger partial charge >= 0.3 is 0 Å². The van der Waals surface area contributed by atoms with Crippen LogP contribution in [0.1, 0.15) is 118 Å². The van der Waals surface area contributed by atoms with Crippen LogP contribution in [0.2, 0.25) is 0 Å². The van der Waals surface area contributed by atoms with Crippen LogP contribution in [0.25, 0.3) is 0 Å². The van der Waals surface area contributed by atoms with Crippen molar-refractivity contribution in [1.82, 2.24) is 30.8 Å². The van der Waals surface area contributed by atoms with E-state index in [2.05, 4.69) is 46.7 Å². The van der Waals surface area contributed by atoms with Gasteiger partial charge in [-0.25, -0.2) is 4.39 Å². The van der Waals surface area contributed by atoms with Crippen molar-refractivity contribution < 1.29 is 14.0 Å². The van der Waals surface area contributed by atoms with E-state index >= 15 is 0 Å². The van der Waals surface area contributed by atoms with Crippen molar-refractivity contribution in [2.45, 2.75) is 103 Å². The normalized spacial score (nSPS) is 20.8. The van der Waals surface area contributed by atoms with Crippen LogP contribution in [0.15, 0.2) is 53.5 Å². The lowest BCUT2D eigenvalue weighted by atomic mass is 9.78. The summed E-state index contributed by atoms with van der Waals surface area (Å²) in [6.07, 6.45) is 10.2. The molecule has 1 fully saturated rings. The van der Waals surface area contributed by atoms with Crippen molar-refractivity contribution in [2.24, 2.45) is 16.8 Å². The number of H-pyrrole nitrogens is 1. The molecule has 1 saturated carbocycles. The molecule has 0 radical (unpaired) electrons. The molecule has 9 nitrogen and oxygen atoms in total. The molecule has 44 heavy (non-hydrogen) atoms. The average Bonchev–Trinajstić information content (AvgIpc) is 3.64. The fraction of sp³-hybridized carbons (Fsp3) is 0.529. The van der Waals surface area contributed by atoms with Gasteiger partial charge in [0, 0.05) is 11.1 Å². The van der Waals surface area contributed by atoms with Crippen molar-refractivity contribution in [3.05, 3.63) is 76.9 Å². The quantitative estimate of drug-likeness (QED) is 0.216. The van der Waals surface area contributed by atoms with Crippen LogP contribution >= 0.6 is 0 Å². The number of amides is 2. The van der Waals surface area contributed by atoms with Gasteiger partial charge in [-0.1, -0.05) is 75.9 Å². The summed E-state index contributed by atoms with van der Waals surface area (Å²) >= 11 is 0. The highest BCUT2D eigenvalue weighted by Gasteiger charge is 2.51. The van der Waals surface area contributed by atoms with Gasteiger partial charge in [0.1, 0.15) is 17.2 Å². The molecule has 5 rings (SSSR count). The Morgan fingerprint density at radius 3 is 2.55 bits per heavy atom. The van der Waals surface area contributed by atoms with Gasteiger partial charge in [-0.3, -0.25) is 14.6 Å². The Morgan fingerprint density at radius 1 is 1.11 bits per heavy atom. The number of carbonyl (C=O) groups is 2. The third kappa shape index (κ3) is 7.22. The SMILES string of the molecule is CCCCCC1CCC2(CC1)N=C(c1cccc(F)c1)C(=O)N2[C@H](CCC(C)C)c1ccc(C(=O)NCc2nn[nH]n2)cc1. The van der Waals surface area contributed by atoms with E-state index in [9.17, 15) is 14.0 Å². The summed E-state index contributed by atoms with van der Waals surface area (Å²) in [5, 5.41) is 16.4. The average molecular weight is 602 g/mol. The van der Waals surface area contributed by atoms with E-state index in [1.54, 1.807) is 24.3 Å². The van der Waals surface area contributed by atoms with Crippen molar-refractivity contribution in [3.8, 4) is 0 Å². The van der Waals surface area contributed by atoms with Crippen LogP contribution < -0.4 is 5.32 Å². The van der Waals surface area contributed by atoms with Crippen LogP contribution in [-0.2, 0) is 11.3 Å². The molecule has 2 aliphatic rings. The van der Waals surface area contributed by atoms with Crippen LogP contribution in [0.4, 0.5) is 4.39 Å². The molecule has 3 aromatic rings. The first-order chi connectivity index (χ1) is 21.3. The molecule has 10 heteroatoms. The lowest BCUT2D eigenvalue weighted by molar-refractivity contribution is -0.133. The first kappa shape index (κ1) is 31.5. The van der Waals surface area contributed by atoms with Gasteiger partial charge in [-0.15, -0.1) is 10.2 Å². The Kier molecular flexibility index (Phi) is 10.2. The molecular formula is C34H44FN7O2. The number of rotatable bonds is 13. The van der Waals surface area contributed by atoms with Crippen molar-refractivity contribution >= 4 is 17.5 Å². The zero-order valence-corrected chi connectivity index (χ0v) is 26.1. The lowest BCUT2D eigenvalue weighted by Gasteiger charge is -2.45. The number of unbranched alkanes of at least 4 members (excludes halogenated alkanes) is 2. The highest BCUT2D eigenvalue weighted by molar-refractivity contribution is 6.46. The lowest BCUT2D eigenvalue weighted by Crippen LogP contribution is -2.50. The fourth-order valence-corrected chi connectivity index (χ4v) is 6.64. The summed E-state index contributed by atoms with van der Waals surface area (Å²) in [6.45, 7) is 6.77. The third-order valence-electron chi connectivity index (χ3n) is 9.09. The molecule has 0 bridgehead atoms. The van der Waals surface area contributed by atoms with Gasteiger partial charge in [0.2, 0.25) is 0 Å². The van der Waals surface area contributed by atoms with Crippen LogP contribution in [0, 0.1) is 17.7 Å². The van der Waals surface area contributed by atoms with Gasteiger partial charge in [0.05, 0.1) is 12.6 Å². The zero-order valence-electron chi connectivity index (χ0n) is 26.1. The number of nitrogens with zero attached hydrogens (tertiary/aromatic N) is 5. The maximum Gasteiger partial charge on any atom is 0.275 e. The second-order valence-corrected chi connectivity index (χ2v) is 12.7. The molecule has 2 aromatic carbocycles. The Morgan fingerprint density at radius 2 is 1.89 bits per heavy atom. The predicted molar refractivity (Wildman–Crippen MR) is 167 cm³/mol. The number of carbonyl (C=O) groups excluding carboxylic acids is 2. The first-order valence-corrected chi connectivity index (χ1v) is 16.1. The molecule has 1 aliphatic heterocycles. The zero-order chi connectivity index (χ0) is 31.1. The molecule has 0 unspecified atom stereocenters. The second kappa shape index (κ2) is 14.2. The van der Waals surface area contributed by atoms with Gasteiger partial charge < -0.3 is 10.2 Å². The number of benzene rings is 2. The minimum atomic E-state index is -0.664. The molecule has 1 aliphatic carbocycles. The van der Waals surface area contributed by atoms with Crippen LogP contribution in [0.3, 0.4) is 0 Å². The molecule has 1 aromatic heterocycles. The summed E-state index contributed by atoms with van der Waals surface area (Å²) in [4.78, 5) is 34.4. The third-order valence-corrected chi connectivity index (χ3v) is 9.09. The van der Waals surface area contributed by atoms with E-state index in [0.29, 0.717) is 34.5 Å². The maximum atomic E-state index is 14.4. The molecule has 0 saturated heterocycles. The van der Waals surface area contributed by atoms with Gasteiger partial charge in [0.15, 0.2) is 5.82 Å². The van der Waals surface area contributed by atoms with Gasteiger partial charge in [-0.2, -0.15) is 5.21 Å². The molecule has 2 N–H and O–H groups in total. The highest BCUT2D eigenvalue weighted by atomic mass is 19.1. The molecule has 2 heterocycles. The summed E-state index contributed by atoms with van der Waals surface area (Å²) in [6, 6.07) is 13.5. The van der Waals surface area contributed by atoms with Crippen molar-refractivity contribution in [1.29, 1.82) is 0 Å². The predicted octanol–water partition coefficient (Wildman–Crippen LogP) is 6.54. The smallest absolute Gasteiger partial charge is 0.275 e. The van der Waals surface area contributed by atoms with Gasteiger partial charge in [0.25, 0.3) is 11.8 Å². The molecule has 2 amide bonds. The van der Waals surface area contributed by atoms with Crippen LogP contribution in [-0.4, -0.2) is 48.7 Å². The second-order valence-electron chi connectivity index (χ2n) is 12.7. The standard InChI is InChI=1S/C34H44FN7O2/c1-4-5-6-8-24-17-19-34(20-18-24)37-31(27-9-7-10-28(35)21-27)33(44)42(34)29(16-11-23(2)3)25-12-14-26(15-13-25)32(43)36-22-30-38-40-41-39-30/h7,9-10,12-15,21,23-24,29H,4-6,8,11,16-20,22H2,1-3H3,(H,36,43)(H,38,39,40,41)/t24?,29-,34?/m1/s1. The van der Waals surface area contributed by atoms with Crippen molar-refractivity contribution in [3.63, 3.8) is 0 Å². The van der Waals surface area contributed by atoms with E-state index < -0.39 is 5.66 Å². The Labute approximate surface area is 259 Å². The largest absolute Gasteiger partial charge is 0.345 e. The molecule has 234 valence electrons. The Hall–Kier alpha value is -3.95. The fourth-order valence-electron chi connectivity index (χ4n) is 6.64. The van der Waals surface area contributed by atoms with E-state index in [4.69, 9.17) is 4.99 Å². The van der Waals surface area contributed by atoms with Crippen molar-refractivity contribution in [2.75, 3.05) is 0 Å². The van der Waals surface area contributed by atoms with E-state index in [1.807, 2.05) is 17.0 Å². The maximum absolute atomic E-state index is 14.4. The number of aromatic nitrogens is 4. The number of tetrazole rings is 1. The summed E-state index contributed by atoms with van der Waals surface area (Å²) in [7, 11) is 0. The number of halogens is 1. The molecule has 1 atom stereocenters. The van der Waals surface area contributed by atoms with Crippen LogP contribution in [0.5, 0.6) is 0 Å². The number of hydrogen-bond acceptors (Lipinski definition) is 6. The summed E-state index contributed by atoms with van der Waals surface area (Å²) in [5.74, 6) is 0.712. The Balaban J connectivity index is 1.44. The minimum absolute atomic E-state index is 0.143. The number of hydrogen-bond donors (Lipinski definition) is 2. The first-order valence-electron chi connectivity index (χ1n) is 16.1. The summed E-state index contributed by atoms with van der Waals surface area (Å²) in [5.41, 5.74) is 1.68. The number of aromatic amines is 1. The summed E-state index contributed by atoms with van der Waals surface area (Å²) < 4.78 is 14.3. The van der Waals surface area contributed by atoms with E-state index in [-0.39, 0.29) is 30.2 Å². The highest BCUT2D eigenvalue weighted by Crippen LogP contribution is 2.47. The molecule has 1 spiro atoms.